The lowest BCUT2D eigenvalue weighted by atomic mass is 10.1. The standard InChI is InChI=1S/C26H21N7O/c1-18-25(28-26(34)31-29-18)30-27-17-19-12-14-22(15-13-19)33-24(21-10-6-3-7-11-21)16-23(32-33)20-8-4-2-5-9-20/h2-17H,1H3,(H2,28,30,31,34)/b27-17+. The number of hydrogen-bond acceptors (Lipinski definition) is 6. The number of H-pyrrole nitrogens is 1. The van der Waals surface area contributed by atoms with Crippen LogP contribution >= 0.6 is 0 Å². The average Bonchev–Trinajstić information content (AvgIpc) is 3.33. The van der Waals surface area contributed by atoms with E-state index in [1.165, 1.54) is 0 Å². The van der Waals surface area contributed by atoms with Crippen molar-refractivity contribution < 1.29 is 0 Å². The van der Waals surface area contributed by atoms with Gasteiger partial charge < -0.3 is 0 Å². The quantitative estimate of drug-likeness (QED) is 0.296. The Morgan fingerprint density at radius 1 is 0.912 bits per heavy atom. The number of aromatic nitrogens is 5. The maximum atomic E-state index is 11.3. The first kappa shape index (κ1) is 21.0. The molecule has 0 unspecified atom stereocenters. The molecule has 2 aromatic heterocycles. The molecule has 0 fully saturated rings. The van der Waals surface area contributed by atoms with E-state index in [1.807, 2.05) is 65.3 Å². The van der Waals surface area contributed by atoms with Gasteiger partial charge >= 0.3 is 5.69 Å². The molecule has 2 N–H and O–H groups in total. The molecule has 0 aliphatic rings. The molecule has 0 aliphatic carbocycles. The molecule has 0 amide bonds. The smallest absolute Gasteiger partial charge is 0.260 e. The normalized spacial score (nSPS) is 11.1. The first-order valence-corrected chi connectivity index (χ1v) is 10.7. The van der Waals surface area contributed by atoms with Crippen LogP contribution in [-0.2, 0) is 0 Å². The number of benzene rings is 3. The van der Waals surface area contributed by atoms with E-state index in [9.17, 15) is 4.79 Å². The summed E-state index contributed by atoms with van der Waals surface area (Å²) in [6.45, 7) is 1.73. The highest BCUT2D eigenvalue weighted by Crippen LogP contribution is 2.28. The minimum atomic E-state index is -0.532. The predicted octanol–water partition coefficient (Wildman–Crippen LogP) is 4.44. The molecular weight excluding hydrogens is 426 g/mol. The number of hydrogen-bond donors (Lipinski definition) is 2. The summed E-state index contributed by atoms with van der Waals surface area (Å²) in [5, 5.41) is 15.2. The highest BCUT2D eigenvalue weighted by molar-refractivity contribution is 5.80. The Bertz CT molecular complexity index is 1490. The van der Waals surface area contributed by atoms with Gasteiger partial charge in [-0.2, -0.15) is 20.3 Å². The van der Waals surface area contributed by atoms with Crippen molar-refractivity contribution in [2.24, 2.45) is 5.10 Å². The van der Waals surface area contributed by atoms with Crippen LogP contribution in [0.25, 0.3) is 28.2 Å². The minimum Gasteiger partial charge on any atom is -0.260 e. The highest BCUT2D eigenvalue weighted by atomic mass is 16.1. The van der Waals surface area contributed by atoms with Crippen molar-refractivity contribution in [2.45, 2.75) is 6.92 Å². The molecule has 3 aromatic carbocycles. The molecule has 0 bridgehead atoms. The lowest BCUT2D eigenvalue weighted by Crippen LogP contribution is -2.15. The fourth-order valence-electron chi connectivity index (χ4n) is 3.51. The first-order chi connectivity index (χ1) is 16.7. The van der Waals surface area contributed by atoms with Gasteiger partial charge in [-0.25, -0.2) is 14.6 Å². The lowest BCUT2D eigenvalue weighted by Gasteiger charge is -2.08. The number of rotatable bonds is 6. The Morgan fingerprint density at radius 2 is 1.59 bits per heavy atom. The van der Waals surface area contributed by atoms with Crippen LogP contribution in [0.5, 0.6) is 0 Å². The number of hydrazone groups is 1. The highest BCUT2D eigenvalue weighted by Gasteiger charge is 2.13. The summed E-state index contributed by atoms with van der Waals surface area (Å²) >= 11 is 0. The van der Waals surface area contributed by atoms with Crippen molar-refractivity contribution in [3.05, 3.63) is 113 Å². The molecule has 5 rings (SSSR count). The summed E-state index contributed by atoms with van der Waals surface area (Å²) < 4.78 is 1.95. The average molecular weight is 448 g/mol. The predicted molar refractivity (Wildman–Crippen MR) is 133 cm³/mol. The van der Waals surface area contributed by atoms with E-state index in [-0.39, 0.29) is 0 Å². The van der Waals surface area contributed by atoms with E-state index >= 15 is 0 Å². The molecule has 2 heterocycles. The summed E-state index contributed by atoms with van der Waals surface area (Å²) in [4.78, 5) is 15.2. The van der Waals surface area contributed by atoms with E-state index < -0.39 is 5.69 Å². The second kappa shape index (κ2) is 9.33. The Labute approximate surface area is 195 Å². The van der Waals surface area contributed by atoms with E-state index in [2.05, 4.69) is 56.0 Å². The fraction of sp³-hybridized carbons (Fsp3) is 0.0385. The second-order valence-corrected chi connectivity index (χ2v) is 7.59. The molecule has 8 heteroatoms. The number of aromatic amines is 1. The fourth-order valence-corrected chi connectivity index (χ4v) is 3.51. The molecule has 166 valence electrons. The molecule has 0 saturated carbocycles. The summed E-state index contributed by atoms with van der Waals surface area (Å²) in [7, 11) is 0. The van der Waals surface area contributed by atoms with Crippen LogP contribution in [0, 0.1) is 6.92 Å². The molecule has 8 nitrogen and oxygen atoms in total. The first-order valence-electron chi connectivity index (χ1n) is 10.7. The third-order valence-electron chi connectivity index (χ3n) is 5.25. The number of nitrogens with one attached hydrogen (secondary N) is 2. The van der Waals surface area contributed by atoms with Crippen LogP contribution in [0.3, 0.4) is 0 Å². The molecule has 0 radical (unpaired) electrons. The van der Waals surface area contributed by atoms with Crippen molar-refractivity contribution in [2.75, 3.05) is 5.43 Å². The molecule has 34 heavy (non-hydrogen) atoms. The maximum absolute atomic E-state index is 11.3. The van der Waals surface area contributed by atoms with Crippen LogP contribution in [-0.4, -0.2) is 31.2 Å². The SMILES string of the molecule is Cc1n[nH]c(=O)nc1N/N=C/c1ccc(-n2nc(-c3ccccc3)cc2-c2ccccc2)cc1. The zero-order valence-electron chi connectivity index (χ0n) is 18.4. The Morgan fingerprint density at radius 3 is 2.29 bits per heavy atom. The summed E-state index contributed by atoms with van der Waals surface area (Å²) in [5.41, 5.74) is 8.65. The summed E-state index contributed by atoms with van der Waals surface area (Å²) in [5.74, 6) is 0.314. The van der Waals surface area contributed by atoms with E-state index in [0.29, 0.717) is 11.5 Å². The molecule has 5 aromatic rings. The van der Waals surface area contributed by atoms with Gasteiger partial charge in [-0.3, -0.25) is 5.43 Å². The Kier molecular flexibility index (Phi) is 5.77. The number of aryl methyl sites for hydroxylation is 1. The molecule has 0 saturated heterocycles. The molecular formula is C26H21N7O. The van der Waals surface area contributed by atoms with E-state index in [1.54, 1.807) is 13.1 Å². The van der Waals surface area contributed by atoms with Crippen molar-refractivity contribution in [1.82, 2.24) is 25.0 Å². The van der Waals surface area contributed by atoms with Crippen LogP contribution in [0.15, 0.2) is 101 Å². The zero-order valence-corrected chi connectivity index (χ0v) is 18.4. The number of nitrogens with zero attached hydrogens (tertiary/aromatic N) is 5. The molecule has 0 spiro atoms. The monoisotopic (exact) mass is 447 g/mol. The van der Waals surface area contributed by atoms with Crippen LogP contribution in [0.4, 0.5) is 5.82 Å². The second-order valence-electron chi connectivity index (χ2n) is 7.59. The third-order valence-corrected chi connectivity index (χ3v) is 5.25. The minimum absolute atomic E-state index is 0.314. The Balaban J connectivity index is 1.44. The van der Waals surface area contributed by atoms with E-state index in [0.717, 1.165) is 33.8 Å². The summed E-state index contributed by atoms with van der Waals surface area (Å²) in [6.07, 6.45) is 1.66. The van der Waals surface area contributed by atoms with Crippen molar-refractivity contribution in [3.8, 4) is 28.2 Å². The zero-order chi connectivity index (χ0) is 23.3. The lowest BCUT2D eigenvalue weighted by molar-refractivity contribution is 0.879. The van der Waals surface area contributed by atoms with Crippen molar-refractivity contribution in [1.29, 1.82) is 0 Å². The van der Waals surface area contributed by atoms with Gasteiger partial charge in [0.1, 0.15) is 5.69 Å². The van der Waals surface area contributed by atoms with Gasteiger partial charge in [0.05, 0.1) is 23.3 Å². The topological polar surface area (TPSA) is 101 Å². The van der Waals surface area contributed by atoms with Gasteiger partial charge in [-0.05, 0) is 30.7 Å². The Hall–Kier alpha value is -4.85. The van der Waals surface area contributed by atoms with Crippen LogP contribution in [0.2, 0.25) is 0 Å². The molecule has 0 atom stereocenters. The maximum Gasteiger partial charge on any atom is 0.363 e. The van der Waals surface area contributed by atoms with Gasteiger partial charge in [-0.15, -0.1) is 0 Å². The van der Waals surface area contributed by atoms with E-state index in [4.69, 9.17) is 5.10 Å². The number of anilines is 1. The van der Waals surface area contributed by atoms with Crippen molar-refractivity contribution >= 4 is 12.0 Å². The third kappa shape index (κ3) is 4.51. The van der Waals surface area contributed by atoms with Crippen molar-refractivity contribution in [3.63, 3.8) is 0 Å². The summed E-state index contributed by atoms with van der Waals surface area (Å²) in [6, 6.07) is 30.3. The van der Waals surface area contributed by atoms with Gasteiger partial charge in [0.15, 0.2) is 5.82 Å². The van der Waals surface area contributed by atoms with Gasteiger partial charge in [0.2, 0.25) is 0 Å². The van der Waals surface area contributed by atoms with Gasteiger partial charge in [-0.1, -0.05) is 72.8 Å². The van der Waals surface area contributed by atoms with Crippen LogP contribution < -0.4 is 11.1 Å². The van der Waals surface area contributed by atoms with Gasteiger partial charge in [0.25, 0.3) is 0 Å². The largest absolute Gasteiger partial charge is 0.363 e. The van der Waals surface area contributed by atoms with Gasteiger partial charge in [0, 0.05) is 11.1 Å². The van der Waals surface area contributed by atoms with Crippen LogP contribution in [0.1, 0.15) is 11.3 Å². The molecule has 0 aliphatic heterocycles.